The van der Waals surface area contributed by atoms with E-state index in [0.29, 0.717) is 0 Å². The Balaban J connectivity index is 1.76. The molecule has 1 N–H and O–H groups in total. The Morgan fingerprint density at radius 1 is 1.47 bits per heavy atom. The Morgan fingerprint density at radius 3 is 2.82 bits per heavy atom. The lowest BCUT2D eigenvalue weighted by atomic mass is 10.4. The largest absolute Gasteiger partial charge is 0.354 e. The molecule has 94 valence electrons. The molecule has 0 aliphatic carbocycles. The number of aromatic nitrogens is 2. The SMILES string of the molecule is CN=C(NCCn1cc(C)cn1)N1CCCC1. The third-order valence-corrected chi connectivity index (χ3v) is 3.00. The van der Waals surface area contributed by atoms with Gasteiger partial charge in [0.1, 0.15) is 0 Å². The van der Waals surface area contributed by atoms with Gasteiger partial charge in [-0.2, -0.15) is 5.10 Å². The van der Waals surface area contributed by atoms with Gasteiger partial charge in [0.05, 0.1) is 12.7 Å². The molecule has 0 spiro atoms. The van der Waals surface area contributed by atoms with Gasteiger partial charge in [-0.3, -0.25) is 9.67 Å². The maximum atomic E-state index is 4.31. The van der Waals surface area contributed by atoms with Gasteiger partial charge < -0.3 is 10.2 Å². The molecule has 1 aromatic heterocycles. The zero-order chi connectivity index (χ0) is 12.1. The van der Waals surface area contributed by atoms with Crippen LogP contribution in [-0.4, -0.2) is 47.3 Å². The molecule has 1 aromatic rings. The van der Waals surface area contributed by atoms with Crippen molar-refractivity contribution >= 4 is 5.96 Å². The van der Waals surface area contributed by atoms with Crippen LogP contribution in [-0.2, 0) is 6.54 Å². The van der Waals surface area contributed by atoms with Crippen LogP contribution in [0.5, 0.6) is 0 Å². The number of likely N-dealkylation sites (tertiary alicyclic amines) is 1. The highest BCUT2D eigenvalue weighted by Gasteiger charge is 2.14. The van der Waals surface area contributed by atoms with Crippen molar-refractivity contribution in [2.45, 2.75) is 26.3 Å². The van der Waals surface area contributed by atoms with E-state index < -0.39 is 0 Å². The van der Waals surface area contributed by atoms with Crippen LogP contribution in [0, 0.1) is 6.92 Å². The highest BCUT2D eigenvalue weighted by molar-refractivity contribution is 5.80. The molecule has 0 atom stereocenters. The zero-order valence-electron chi connectivity index (χ0n) is 10.7. The molecule has 1 fully saturated rings. The van der Waals surface area contributed by atoms with E-state index in [2.05, 4.69) is 33.4 Å². The quantitative estimate of drug-likeness (QED) is 0.624. The minimum Gasteiger partial charge on any atom is -0.354 e. The van der Waals surface area contributed by atoms with Gasteiger partial charge in [-0.25, -0.2) is 0 Å². The molecular formula is C12H21N5. The van der Waals surface area contributed by atoms with Gasteiger partial charge in [0, 0.05) is 32.9 Å². The molecule has 0 aromatic carbocycles. The van der Waals surface area contributed by atoms with Crippen molar-refractivity contribution in [2.24, 2.45) is 4.99 Å². The van der Waals surface area contributed by atoms with E-state index in [1.54, 1.807) is 0 Å². The van der Waals surface area contributed by atoms with Crippen molar-refractivity contribution in [3.8, 4) is 0 Å². The fourth-order valence-corrected chi connectivity index (χ4v) is 2.13. The van der Waals surface area contributed by atoms with Crippen molar-refractivity contribution in [1.82, 2.24) is 20.0 Å². The van der Waals surface area contributed by atoms with Crippen LogP contribution in [0.1, 0.15) is 18.4 Å². The number of hydrogen-bond acceptors (Lipinski definition) is 2. The predicted octanol–water partition coefficient (Wildman–Crippen LogP) is 0.863. The van der Waals surface area contributed by atoms with Crippen molar-refractivity contribution in [1.29, 1.82) is 0 Å². The average molecular weight is 235 g/mol. The summed E-state index contributed by atoms with van der Waals surface area (Å²) in [6, 6.07) is 0. The normalized spacial score (nSPS) is 16.6. The maximum Gasteiger partial charge on any atom is 0.193 e. The number of aliphatic imine (C=N–C) groups is 1. The van der Waals surface area contributed by atoms with Gasteiger partial charge in [0.2, 0.25) is 0 Å². The van der Waals surface area contributed by atoms with Crippen molar-refractivity contribution in [3.05, 3.63) is 18.0 Å². The summed E-state index contributed by atoms with van der Waals surface area (Å²) in [5.41, 5.74) is 1.20. The molecule has 0 bridgehead atoms. The Bertz CT molecular complexity index is 376. The summed E-state index contributed by atoms with van der Waals surface area (Å²) in [6.45, 7) is 6.05. The van der Waals surface area contributed by atoms with Gasteiger partial charge >= 0.3 is 0 Å². The number of guanidine groups is 1. The van der Waals surface area contributed by atoms with Gasteiger partial charge in [0.25, 0.3) is 0 Å². The van der Waals surface area contributed by atoms with Gasteiger partial charge in [-0.15, -0.1) is 0 Å². The number of nitrogens with one attached hydrogen (secondary N) is 1. The van der Waals surface area contributed by atoms with Crippen molar-refractivity contribution in [2.75, 3.05) is 26.7 Å². The fraction of sp³-hybridized carbons (Fsp3) is 0.667. The lowest BCUT2D eigenvalue weighted by molar-refractivity contribution is 0.485. The molecular weight excluding hydrogens is 214 g/mol. The van der Waals surface area contributed by atoms with Crippen molar-refractivity contribution in [3.63, 3.8) is 0 Å². The monoisotopic (exact) mass is 235 g/mol. The first-order chi connectivity index (χ1) is 8.29. The molecule has 0 unspecified atom stereocenters. The first-order valence-corrected chi connectivity index (χ1v) is 6.24. The summed E-state index contributed by atoms with van der Waals surface area (Å²) in [5.74, 6) is 1.02. The van der Waals surface area contributed by atoms with Crippen LogP contribution in [0.2, 0.25) is 0 Å². The second-order valence-corrected chi connectivity index (χ2v) is 4.45. The Hall–Kier alpha value is -1.52. The predicted molar refractivity (Wildman–Crippen MR) is 69.1 cm³/mol. The minimum atomic E-state index is 0.865. The third-order valence-electron chi connectivity index (χ3n) is 3.00. The zero-order valence-corrected chi connectivity index (χ0v) is 10.7. The molecule has 5 nitrogen and oxygen atoms in total. The van der Waals surface area contributed by atoms with Crippen LogP contribution in [0.25, 0.3) is 0 Å². The van der Waals surface area contributed by atoms with E-state index in [9.17, 15) is 0 Å². The van der Waals surface area contributed by atoms with Crippen LogP contribution < -0.4 is 5.32 Å². The smallest absolute Gasteiger partial charge is 0.193 e. The van der Waals surface area contributed by atoms with Crippen LogP contribution in [0.4, 0.5) is 0 Å². The standard InChI is InChI=1S/C12H21N5/c1-11-9-15-17(10-11)8-5-14-12(13-2)16-6-3-4-7-16/h9-10H,3-8H2,1-2H3,(H,13,14). The lowest BCUT2D eigenvalue weighted by Crippen LogP contribution is -2.40. The lowest BCUT2D eigenvalue weighted by Gasteiger charge is -2.20. The summed E-state index contributed by atoms with van der Waals surface area (Å²) in [6.07, 6.45) is 6.49. The molecule has 2 rings (SSSR count). The van der Waals surface area contributed by atoms with Gasteiger partial charge in [0.15, 0.2) is 5.96 Å². The summed E-state index contributed by atoms with van der Waals surface area (Å²) >= 11 is 0. The van der Waals surface area contributed by atoms with Gasteiger partial charge in [-0.1, -0.05) is 0 Å². The highest BCUT2D eigenvalue weighted by Crippen LogP contribution is 2.06. The van der Waals surface area contributed by atoms with E-state index in [1.165, 1.54) is 18.4 Å². The molecule has 1 saturated heterocycles. The minimum absolute atomic E-state index is 0.865. The first kappa shape index (κ1) is 12.0. The summed E-state index contributed by atoms with van der Waals surface area (Å²) in [4.78, 5) is 6.62. The Kier molecular flexibility index (Phi) is 4.01. The topological polar surface area (TPSA) is 45.5 Å². The van der Waals surface area contributed by atoms with E-state index in [1.807, 2.05) is 17.9 Å². The Labute approximate surface area is 103 Å². The molecule has 1 aliphatic heterocycles. The van der Waals surface area contributed by atoms with Crippen LogP contribution in [0.3, 0.4) is 0 Å². The number of aryl methyl sites for hydroxylation is 1. The molecule has 0 radical (unpaired) electrons. The molecule has 17 heavy (non-hydrogen) atoms. The number of rotatable bonds is 3. The second-order valence-electron chi connectivity index (χ2n) is 4.45. The summed E-state index contributed by atoms with van der Waals surface area (Å²) in [7, 11) is 1.85. The van der Waals surface area contributed by atoms with E-state index in [4.69, 9.17) is 0 Å². The average Bonchev–Trinajstić information content (AvgIpc) is 2.96. The van der Waals surface area contributed by atoms with Crippen molar-refractivity contribution < 1.29 is 0 Å². The second kappa shape index (κ2) is 5.70. The molecule has 5 heteroatoms. The van der Waals surface area contributed by atoms with Crippen LogP contribution >= 0.6 is 0 Å². The van der Waals surface area contributed by atoms with Gasteiger partial charge in [-0.05, 0) is 25.3 Å². The fourth-order valence-electron chi connectivity index (χ4n) is 2.13. The Morgan fingerprint density at radius 2 is 2.24 bits per heavy atom. The van der Waals surface area contributed by atoms with E-state index in [0.717, 1.165) is 32.1 Å². The third kappa shape index (κ3) is 3.22. The summed E-state index contributed by atoms with van der Waals surface area (Å²) < 4.78 is 1.96. The summed E-state index contributed by atoms with van der Waals surface area (Å²) in [5, 5.41) is 7.64. The van der Waals surface area contributed by atoms with E-state index in [-0.39, 0.29) is 0 Å². The molecule has 1 aliphatic rings. The molecule has 0 saturated carbocycles. The van der Waals surface area contributed by atoms with E-state index >= 15 is 0 Å². The van der Waals surface area contributed by atoms with Crippen LogP contribution in [0.15, 0.2) is 17.4 Å². The molecule has 2 heterocycles. The highest BCUT2D eigenvalue weighted by atomic mass is 15.3. The first-order valence-electron chi connectivity index (χ1n) is 6.24. The number of hydrogen-bond donors (Lipinski definition) is 1. The maximum absolute atomic E-state index is 4.31. The molecule has 0 amide bonds. The number of nitrogens with zero attached hydrogens (tertiary/aromatic N) is 4.